The Bertz CT molecular complexity index is 408. The van der Waals surface area contributed by atoms with Gasteiger partial charge in [-0.15, -0.1) is 12.4 Å². The molecular formula is C11H16ClN3O3. The van der Waals surface area contributed by atoms with Crippen LogP contribution in [0.3, 0.4) is 0 Å². The fourth-order valence-corrected chi connectivity index (χ4v) is 1.23. The Balaban J connectivity index is 0.00000289. The summed E-state index contributed by atoms with van der Waals surface area (Å²) in [6.45, 7) is 1.56. The van der Waals surface area contributed by atoms with Crippen LogP contribution in [0.2, 0.25) is 0 Å². The van der Waals surface area contributed by atoms with Crippen LogP contribution in [0.25, 0.3) is 0 Å². The lowest BCUT2D eigenvalue weighted by atomic mass is 10.2. The fourth-order valence-electron chi connectivity index (χ4n) is 1.23. The molecule has 100 valence electrons. The Morgan fingerprint density at radius 2 is 2.17 bits per heavy atom. The van der Waals surface area contributed by atoms with Crippen molar-refractivity contribution in [2.45, 2.75) is 19.4 Å². The van der Waals surface area contributed by atoms with Crippen molar-refractivity contribution < 1.29 is 14.3 Å². The summed E-state index contributed by atoms with van der Waals surface area (Å²) in [4.78, 5) is 26.6. The van der Waals surface area contributed by atoms with E-state index in [0.717, 1.165) is 0 Å². The Morgan fingerprint density at radius 1 is 1.50 bits per heavy atom. The van der Waals surface area contributed by atoms with Crippen LogP contribution in [0.15, 0.2) is 18.3 Å². The number of rotatable bonds is 4. The van der Waals surface area contributed by atoms with Gasteiger partial charge in [0.25, 0.3) is 0 Å². The van der Waals surface area contributed by atoms with E-state index in [2.05, 4.69) is 15.0 Å². The Hall–Kier alpha value is -1.82. The van der Waals surface area contributed by atoms with Crippen LogP contribution in [-0.4, -0.2) is 30.0 Å². The molecule has 1 aromatic rings. The monoisotopic (exact) mass is 273 g/mol. The van der Waals surface area contributed by atoms with E-state index in [0.29, 0.717) is 11.4 Å². The van der Waals surface area contributed by atoms with Gasteiger partial charge in [-0.05, 0) is 19.1 Å². The number of halogens is 1. The lowest BCUT2D eigenvalue weighted by Gasteiger charge is -2.11. The molecule has 1 aromatic heterocycles. The number of aromatic nitrogens is 1. The molecule has 1 rings (SSSR count). The fraction of sp³-hybridized carbons (Fsp3) is 0.364. The van der Waals surface area contributed by atoms with Crippen molar-refractivity contribution in [2.75, 3.05) is 12.8 Å². The summed E-state index contributed by atoms with van der Waals surface area (Å²) in [5.74, 6) is -0.774. The molecule has 7 heteroatoms. The van der Waals surface area contributed by atoms with E-state index in [1.807, 2.05) is 0 Å². The molecule has 0 fully saturated rings. The van der Waals surface area contributed by atoms with Crippen LogP contribution < -0.4 is 11.1 Å². The number of pyridine rings is 1. The molecule has 0 saturated carbocycles. The molecule has 0 aliphatic rings. The second-order valence-electron chi connectivity index (χ2n) is 3.57. The first-order chi connectivity index (χ1) is 8.02. The average Bonchev–Trinajstić information content (AvgIpc) is 2.30. The maximum absolute atomic E-state index is 11.5. The van der Waals surface area contributed by atoms with E-state index in [1.165, 1.54) is 13.3 Å². The minimum atomic E-state index is -0.665. The van der Waals surface area contributed by atoms with Crippen molar-refractivity contribution in [3.63, 3.8) is 0 Å². The number of nitrogen functional groups attached to an aromatic ring is 1. The third-order valence-electron chi connectivity index (χ3n) is 2.12. The van der Waals surface area contributed by atoms with E-state index in [4.69, 9.17) is 5.73 Å². The number of hydrogen-bond acceptors (Lipinski definition) is 5. The standard InChI is InChI=1S/C11H15N3O3.ClH/c1-7(11(16)17-2)14-10(15)5-9-4-3-8(12)6-13-9;/h3-4,6-7H,5,12H2,1-2H3,(H,14,15);1H/t7-;/m0./s1. The Labute approximate surface area is 111 Å². The minimum Gasteiger partial charge on any atom is -0.467 e. The number of methoxy groups -OCH3 is 1. The molecule has 0 aliphatic heterocycles. The van der Waals surface area contributed by atoms with Crippen molar-refractivity contribution >= 4 is 30.0 Å². The SMILES string of the molecule is COC(=O)[C@H](C)NC(=O)Cc1ccc(N)cn1.Cl. The van der Waals surface area contributed by atoms with Crippen molar-refractivity contribution in [1.29, 1.82) is 0 Å². The van der Waals surface area contributed by atoms with Crippen LogP contribution in [0, 0.1) is 0 Å². The molecule has 0 aliphatic carbocycles. The number of nitrogens with one attached hydrogen (secondary N) is 1. The number of hydrogen-bond donors (Lipinski definition) is 2. The summed E-state index contributed by atoms with van der Waals surface area (Å²) in [6.07, 6.45) is 1.58. The highest BCUT2D eigenvalue weighted by molar-refractivity contribution is 5.85. The quantitative estimate of drug-likeness (QED) is 0.770. The molecule has 0 aromatic carbocycles. The second kappa shape index (κ2) is 7.50. The van der Waals surface area contributed by atoms with Gasteiger partial charge in [-0.3, -0.25) is 9.78 Å². The van der Waals surface area contributed by atoms with Crippen molar-refractivity contribution in [2.24, 2.45) is 0 Å². The van der Waals surface area contributed by atoms with E-state index in [9.17, 15) is 9.59 Å². The highest BCUT2D eigenvalue weighted by atomic mass is 35.5. The molecule has 0 bridgehead atoms. The minimum absolute atomic E-state index is 0. The van der Waals surface area contributed by atoms with Crippen LogP contribution >= 0.6 is 12.4 Å². The zero-order chi connectivity index (χ0) is 12.8. The number of esters is 1. The van der Waals surface area contributed by atoms with Crippen molar-refractivity contribution in [3.8, 4) is 0 Å². The number of ether oxygens (including phenoxy) is 1. The number of nitrogens with zero attached hydrogens (tertiary/aromatic N) is 1. The van der Waals surface area contributed by atoms with Crippen molar-refractivity contribution in [3.05, 3.63) is 24.0 Å². The predicted molar refractivity (Wildman–Crippen MR) is 69.2 cm³/mol. The van der Waals surface area contributed by atoms with Gasteiger partial charge in [0.05, 0.1) is 25.4 Å². The molecule has 1 amide bonds. The maximum Gasteiger partial charge on any atom is 0.328 e. The van der Waals surface area contributed by atoms with Gasteiger partial charge < -0.3 is 15.8 Å². The number of amides is 1. The Morgan fingerprint density at radius 3 is 2.67 bits per heavy atom. The van der Waals surface area contributed by atoms with Gasteiger partial charge in [0.15, 0.2) is 0 Å². The second-order valence-corrected chi connectivity index (χ2v) is 3.57. The first kappa shape index (κ1) is 16.2. The van der Waals surface area contributed by atoms with Gasteiger partial charge in [0.1, 0.15) is 6.04 Å². The first-order valence-electron chi connectivity index (χ1n) is 5.10. The van der Waals surface area contributed by atoms with E-state index >= 15 is 0 Å². The third-order valence-corrected chi connectivity index (χ3v) is 2.12. The summed E-state index contributed by atoms with van der Waals surface area (Å²) in [7, 11) is 1.27. The maximum atomic E-state index is 11.5. The van der Waals surface area contributed by atoms with Gasteiger partial charge in [0.2, 0.25) is 5.91 Å². The smallest absolute Gasteiger partial charge is 0.328 e. The molecule has 0 saturated heterocycles. The molecule has 18 heavy (non-hydrogen) atoms. The van der Waals surface area contributed by atoms with Crippen LogP contribution in [0.5, 0.6) is 0 Å². The van der Waals surface area contributed by atoms with Crippen LogP contribution in [0.4, 0.5) is 5.69 Å². The number of nitrogens with two attached hydrogens (primary N) is 1. The van der Waals surface area contributed by atoms with E-state index < -0.39 is 12.0 Å². The average molecular weight is 274 g/mol. The molecule has 3 N–H and O–H groups in total. The predicted octanol–water partition coefficient (Wildman–Crippen LogP) is 0.306. The van der Waals surface area contributed by atoms with E-state index in [1.54, 1.807) is 19.1 Å². The van der Waals surface area contributed by atoms with Crippen molar-refractivity contribution in [1.82, 2.24) is 10.3 Å². The molecule has 0 radical (unpaired) electrons. The highest BCUT2D eigenvalue weighted by Gasteiger charge is 2.15. The summed E-state index contributed by atoms with van der Waals surface area (Å²) in [5.41, 5.74) is 6.60. The zero-order valence-electron chi connectivity index (χ0n) is 10.2. The zero-order valence-corrected chi connectivity index (χ0v) is 11.0. The van der Waals surface area contributed by atoms with Gasteiger partial charge in [-0.25, -0.2) is 4.79 Å². The van der Waals surface area contributed by atoms with E-state index in [-0.39, 0.29) is 24.7 Å². The third kappa shape index (κ3) is 5.01. The summed E-state index contributed by atoms with van der Waals surface area (Å²) < 4.78 is 4.49. The van der Waals surface area contributed by atoms with Crippen LogP contribution in [0.1, 0.15) is 12.6 Å². The highest BCUT2D eigenvalue weighted by Crippen LogP contribution is 2.01. The largest absolute Gasteiger partial charge is 0.467 e. The van der Waals surface area contributed by atoms with Gasteiger partial charge >= 0.3 is 5.97 Å². The molecule has 6 nitrogen and oxygen atoms in total. The number of anilines is 1. The molecule has 0 spiro atoms. The molecular weight excluding hydrogens is 258 g/mol. The first-order valence-corrected chi connectivity index (χ1v) is 5.10. The van der Waals surface area contributed by atoms with Crippen LogP contribution in [-0.2, 0) is 20.7 Å². The Kier molecular flexibility index (Phi) is 6.74. The molecule has 1 heterocycles. The molecule has 0 unspecified atom stereocenters. The lowest BCUT2D eigenvalue weighted by Crippen LogP contribution is -2.40. The van der Waals surface area contributed by atoms with Gasteiger partial charge in [0, 0.05) is 5.69 Å². The lowest BCUT2D eigenvalue weighted by molar-refractivity contribution is -0.144. The number of carbonyl (C=O) groups excluding carboxylic acids is 2. The summed E-state index contributed by atoms with van der Waals surface area (Å²) in [6, 6.07) is 2.66. The topological polar surface area (TPSA) is 94.3 Å². The molecule has 1 atom stereocenters. The summed E-state index contributed by atoms with van der Waals surface area (Å²) >= 11 is 0. The van der Waals surface area contributed by atoms with Gasteiger partial charge in [-0.1, -0.05) is 0 Å². The summed E-state index contributed by atoms with van der Waals surface area (Å²) in [5, 5.41) is 2.51. The van der Waals surface area contributed by atoms with Gasteiger partial charge in [-0.2, -0.15) is 0 Å². The normalized spacial score (nSPS) is 11.0. The number of carbonyl (C=O) groups is 2.